The van der Waals surface area contributed by atoms with Gasteiger partial charge in [0.1, 0.15) is 12.4 Å². The Bertz CT molecular complexity index is 796. The first kappa shape index (κ1) is 18.8. The number of rotatable bonds is 6. The van der Waals surface area contributed by atoms with Crippen LogP contribution in [0.5, 0.6) is 0 Å². The molecule has 1 aliphatic carbocycles. The van der Waals surface area contributed by atoms with Crippen LogP contribution in [0.2, 0.25) is 0 Å². The number of primary amides is 1. The van der Waals surface area contributed by atoms with E-state index in [0.29, 0.717) is 19.4 Å². The number of benzene rings is 1. The first-order valence-corrected chi connectivity index (χ1v) is 8.45. The summed E-state index contributed by atoms with van der Waals surface area (Å²) < 4.78 is 19.4. The fraction of sp³-hybridized carbons (Fsp3) is 0.412. The van der Waals surface area contributed by atoms with Gasteiger partial charge >= 0.3 is 0 Å². The second kappa shape index (κ2) is 7.70. The number of nitrogens with zero attached hydrogens (tertiary/aromatic N) is 1. The molecule has 2 aliphatic rings. The molecule has 0 spiro atoms. The van der Waals surface area contributed by atoms with Crippen LogP contribution in [-0.4, -0.2) is 49.4 Å². The number of hydrogen-bond donors (Lipinski definition) is 3. The van der Waals surface area contributed by atoms with E-state index >= 15 is 0 Å². The second-order valence-electron chi connectivity index (χ2n) is 6.37. The highest BCUT2D eigenvalue weighted by Gasteiger charge is 2.34. The maximum Gasteiger partial charge on any atom is 0.256 e. The Labute approximate surface area is 154 Å². The van der Waals surface area contributed by atoms with Crippen LogP contribution in [0.4, 0.5) is 15.8 Å². The highest BCUT2D eigenvalue weighted by molar-refractivity contribution is 6.11. The van der Waals surface area contributed by atoms with Crippen LogP contribution in [0.15, 0.2) is 18.2 Å². The number of nitrogens with one attached hydrogen (secondary N) is 2. The van der Waals surface area contributed by atoms with E-state index in [-0.39, 0.29) is 36.4 Å². The third kappa shape index (κ3) is 4.40. The smallest absolute Gasteiger partial charge is 0.256 e. The molecule has 1 saturated carbocycles. The number of anilines is 2. The highest BCUT2D eigenvalue weighted by atomic mass is 19.1. The van der Waals surface area contributed by atoms with E-state index in [2.05, 4.69) is 10.6 Å². The number of hydrogen-bond acceptors (Lipinski definition) is 5. The molecule has 1 saturated heterocycles. The number of carbonyl (C=O) groups is 4. The minimum absolute atomic E-state index is 0.0638. The summed E-state index contributed by atoms with van der Waals surface area (Å²) in [6.45, 7) is 0.391. The minimum atomic E-state index is -1.55. The average Bonchev–Trinajstić information content (AvgIpc) is 3.45. The molecule has 1 heterocycles. The summed E-state index contributed by atoms with van der Waals surface area (Å²) in [4.78, 5) is 48.6. The van der Waals surface area contributed by atoms with Crippen LogP contribution >= 0.6 is 0 Å². The van der Waals surface area contributed by atoms with E-state index in [1.54, 1.807) is 0 Å². The SMILES string of the molecule is NC(=O)[C@H](NC(=O)C1CC1)C(=O)Nc1ccc(N2CCOCC2=O)c(F)c1. The third-order valence-electron chi connectivity index (χ3n) is 4.27. The normalized spacial score (nSPS) is 18.0. The molecule has 0 aromatic heterocycles. The average molecular weight is 378 g/mol. The first-order valence-electron chi connectivity index (χ1n) is 8.45. The Hall–Kier alpha value is -3.01. The number of morpholine rings is 1. The molecule has 0 unspecified atom stereocenters. The molecule has 144 valence electrons. The van der Waals surface area contributed by atoms with Crippen LogP contribution < -0.4 is 21.3 Å². The summed E-state index contributed by atoms with van der Waals surface area (Å²) in [6.07, 6.45) is 1.40. The fourth-order valence-corrected chi connectivity index (χ4v) is 2.66. The monoisotopic (exact) mass is 378 g/mol. The predicted octanol–water partition coefficient (Wildman–Crippen LogP) is -0.493. The van der Waals surface area contributed by atoms with Crippen molar-refractivity contribution in [3.05, 3.63) is 24.0 Å². The van der Waals surface area contributed by atoms with Gasteiger partial charge in [0.05, 0.1) is 12.3 Å². The third-order valence-corrected chi connectivity index (χ3v) is 4.27. The molecule has 9 nitrogen and oxygen atoms in total. The van der Waals surface area contributed by atoms with Gasteiger partial charge < -0.3 is 26.0 Å². The van der Waals surface area contributed by atoms with E-state index in [9.17, 15) is 23.6 Å². The fourth-order valence-electron chi connectivity index (χ4n) is 2.66. The van der Waals surface area contributed by atoms with Crippen molar-refractivity contribution < 1.29 is 28.3 Å². The quantitative estimate of drug-likeness (QED) is 0.575. The van der Waals surface area contributed by atoms with Gasteiger partial charge in [-0.3, -0.25) is 19.2 Å². The van der Waals surface area contributed by atoms with Crippen molar-refractivity contribution in [2.75, 3.05) is 30.0 Å². The summed E-state index contributed by atoms with van der Waals surface area (Å²) in [5.41, 5.74) is 5.31. The molecule has 3 rings (SSSR count). The van der Waals surface area contributed by atoms with Gasteiger partial charge in [-0.15, -0.1) is 0 Å². The Morgan fingerprint density at radius 3 is 2.63 bits per heavy atom. The van der Waals surface area contributed by atoms with Crippen molar-refractivity contribution in [1.29, 1.82) is 0 Å². The van der Waals surface area contributed by atoms with Gasteiger partial charge in [-0.25, -0.2) is 4.39 Å². The molecule has 4 N–H and O–H groups in total. The predicted molar refractivity (Wildman–Crippen MR) is 92.1 cm³/mol. The summed E-state index contributed by atoms with van der Waals surface area (Å²) in [5.74, 6) is -3.60. The number of nitrogens with two attached hydrogens (primary N) is 1. The van der Waals surface area contributed by atoms with Gasteiger partial charge in [0.15, 0.2) is 6.04 Å². The highest BCUT2D eigenvalue weighted by Crippen LogP contribution is 2.29. The van der Waals surface area contributed by atoms with E-state index < -0.39 is 29.6 Å². The molecule has 27 heavy (non-hydrogen) atoms. The largest absolute Gasteiger partial charge is 0.370 e. The molecule has 4 amide bonds. The lowest BCUT2D eigenvalue weighted by atomic mass is 10.2. The van der Waals surface area contributed by atoms with E-state index in [1.165, 1.54) is 17.0 Å². The summed E-state index contributed by atoms with van der Waals surface area (Å²) in [7, 11) is 0. The zero-order chi connectivity index (χ0) is 19.6. The lowest BCUT2D eigenvalue weighted by Gasteiger charge is -2.27. The molecular weight excluding hydrogens is 359 g/mol. The maximum atomic E-state index is 14.4. The summed E-state index contributed by atoms with van der Waals surface area (Å²) in [6, 6.07) is 2.20. The van der Waals surface area contributed by atoms with Crippen molar-refractivity contribution in [2.24, 2.45) is 11.7 Å². The van der Waals surface area contributed by atoms with Crippen molar-refractivity contribution >= 4 is 35.0 Å². The van der Waals surface area contributed by atoms with Gasteiger partial charge in [0.25, 0.3) is 11.8 Å². The second-order valence-corrected chi connectivity index (χ2v) is 6.37. The summed E-state index contributed by atoms with van der Waals surface area (Å²) >= 11 is 0. The van der Waals surface area contributed by atoms with Crippen LogP contribution in [0.3, 0.4) is 0 Å². The Kier molecular flexibility index (Phi) is 5.36. The molecule has 0 bridgehead atoms. The van der Waals surface area contributed by atoms with Gasteiger partial charge in [-0.1, -0.05) is 0 Å². The Balaban J connectivity index is 1.69. The topological polar surface area (TPSA) is 131 Å². The first-order chi connectivity index (χ1) is 12.9. The van der Waals surface area contributed by atoms with Gasteiger partial charge in [0, 0.05) is 18.2 Å². The van der Waals surface area contributed by atoms with Crippen LogP contribution in [0, 0.1) is 11.7 Å². The molecule has 1 aliphatic heterocycles. The molecule has 10 heteroatoms. The van der Waals surface area contributed by atoms with Crippen molar-refractivity contribution in [2.45, 2.75) is 18.9 Å². The van der Waals surface area contributed by atoms with Crippen molar-refractivity contribution in [1.82, 2.24) is 5.32 Å². The number of ether oxygens (including phenoxy) is 1. The maximum absolute atomic E-state index is 14.4. The van der Waals surface area contributed by atoms with Crippen molar-refractivity contribution in [3.63, 3.8) is 0 Å². The Morgan fingerprint density at radius 1 is 1.30 bits per heavy atom. The van der Waals surface area contributed by atoms with Crippen LogP contribution in [0.25, 0.3) is 0 Å². The molecule has 0 radical (unpaired) electrons. The molecular formula is C17H19FN4O5. The van der Waals surface area contributed by atoms with E-state index in [1.807, 2.05) is 0 Å². The minimum Gasteiger partial charge on any atom is -0.370 e. The van der Waals surface area contributed by atoms with Gasteiger partial charge in [-0.05, 0) is 31.0 Å². The van der Waals surface area contributed by atoms with Crippen molar-refractivity contribution in [3.8, 4) is 0 Å². The lowest BCUT2D eigenvalue weighted by molar-refractivity contribution is -0.133. The zero-order valence-electron chi connectivity index (χ0n) is 14.4. The molecule has 2 fully saturated rings. The molecule has 1 aromatic rings. The van der Waals surface area contributed by atoms with Crippen LogP contribution in [0.1, 0.15) is 12.8 Å². The van der Waals surface area contributed by atoms with Gasteiger partial charge in [0.2, 0.25) is 11.8 Å². The van der Waals surface area contributed by atoms with E-state index in [4.69, 9.17) is 10.5 Å². The Morgan fingerprint density at radius 2 is 2.04 bits per heavy atom. The standard InChI is InChI=1S/C17H19FN4O5/c18-11-7-10(3-4-12(11)22-5-6-27-8-13(22)23)20-17(26)14(15(19)24)21-16(25)9-1-2-9/h3-4,7,9,14H,1-2,5-6,8H2,(H2,19,24)(H,20,26)(H,21,25)/t14-/m0/s1. The lowest BCUT2D eigenvalue weighted by Crippen LogP contribution is -2.52. The molecule has 1 atom stereocenters. The van der Waals surface area contributed by atoms with Gasteiger partial charge in [-0.2, -0.15) is 0 Å². The number of carbonyl (C=O) groups excluding carboxylic acids is 4. The summed E-state index contributed by atoms with van der Waals surface area (Å²) in [5, 5.41) is 4.64. The van der Waals surface area contributed by atoms with E-state index in [0.717, 1.165) is 6.07 Å². The zero-order valence-corrected chi connectivity index (χ0v) is 14.4. The molecule has 1 aromatic carbocycles. The number of amides is 4. The number of halogens is 1. The van der Waals surface area contributed by atoms with Crippen LogP contribution in [-0.2, 0) is 23.9 Å².